The van der Waals surface area contributed by atoms with Crippen molar-refractivity contribution >= 4 is 29.2 Å². The Balaban J connectivity index is 1.68. The minimum atomic E-state index is 0.546. The predicted octanol–water partition coefficient (Wildman–Crippen LogP) is 3.87. The van der Waals surface area contributed by atoms with E-state index in [9.17, 15) is 0 Å². The number of rotatable bonds is 4. The van der Waals surface area contributed by atoms with E-state index < -0.39 is 0 Å². The van der Waals surface area contributed by atoms with Crippen molar-refractivity contribution in [2.45, 2.75) is 38.5 Å². The summed E-state index contributed by atoms with van der Waals surface area (Å²) in [5.41, 5.74) is 0.983. The number of thioether (sulfide) groups is 1. The lowest BCUT2D eigenvalue weighted by molar-refractivity contribution is 0.515. The standard InChI is InChI=1S/C14H20ClN3S/c1-9-12(15)17-14(11-2-3-11)18-13(9)16-8-10-4-6-19-7-5-10/h10-11H,2-8H2,1H3,(H,16,17,18). The van der Waals surface area contributed by atoms with Crippen molar-refractivity contribution in [1.29, 1.82) is 0 Å². The van der Waals surface area contributed by atoms with Gasteiger partial charge in [-0.15, -0.1) is 0 Å². The number of nitrogens with zero attached hydrogens (tertiary/aromatic N) is 2. The molecule has 1 N–H and O–H groups in total. The van der Waals surface area contributed by atoms with Crippen molar-refractivity contribution in [3.63, 3.8) is 0 Å². The lowest BCUT2D eigenvalue weighted by atomic mass is 10.0. The molecular weight excluding hydrogens is 278 g/mol. The molecular formula is C14H20ClN3S. The van der Waals surface area contributed by atoms with Crippen LogP contribution < -0.4 is 5.32 Å². The molecule has 1 saturated heterocycles. The summed E-state index contributed by atoms with van der Waals surface area (Å²) >= 11 is 8.28. The third kappa shape index (κ3) is 3.34. The van der Waals surface area contributed by atoms with Crippen LogP contribution in [0.2, 0.25) is 5.15 Å². The summed E-state index contributed by atoms with van der Waals surface area (Å²) in [6, 6.07) is 0. The minimum absolute atomic E-state index is 0.546. The molecule has 19 heavy (non-hydrogen) atoms. The third-order valence-corrected chi connectivity index (χ3v) is 5.36. The highest BCUT2D eigenvalue weighted by atomic mass is 35.5. The fourth-order valence-corrected chi connectivity index (χ4v) is 3.77. The smallest absolute Gasteiger partial charge is 0.137 e. The maximum absolute atomic E-state index is 6.22. The molecule has 1 aromatic heterocycles. The first-order chi connectivity index (χ1) is 9.24. The van der Waals surface area contributed by atoms with Crippen LogP contribution in [0.25, 0.3) is 0 Å². The van der Waals surface area contributed by atoms with Gasteiger partial charge in [0.05, 0.1) is 0 Å². The highest BCUT2D eigenvalue weighted by Gasteiger charge is 2.28. The van der Waals surface area contributed by atoms with Gasteiger partial charge in [0, 0.05) is 18.0 Å². The Labute approximate surface area is 123 Å². The maximum Gasteiger partial charge on any atom is 0.137 e. The zero-order chi connectivity index (χ0) is 13.2. The molecule has 0 radical (unpaired) electrons. The van der Waals surface area contributed by atoms with E-state index in [1.165, 1.54) is 37.2 Å². The molecule has 104 valence electrons. The van der Waals surface area contributed by atoms with Crippen molar-refractivity contribution in [3.05, 3.63) is 16.5 Å². The first kappa shape index (κ1) is 13.5. The first-order valence-corrected chi connectivity index (χ1v) is 8.63. The molecule has 0 unspecified atom stereocenters. The van der Waals surface area contributed by atoms with Crippen LogP contribution in [-0.2, 0) is 0 Å². The van der Waals surface area contributed by atoms with Gasteiger partial charge in [-0.2, -0.15) is 11.8 Å². The molecule has 2 heterocycles. The van der Waals surface area contributed by atoms with Crippen molar-refractivity contribution in [2.75, 3.05) is 23.4 Å². The lowest BCUT2D eigenvalue weighted by Gasteiger charge is -2.22. The van der Waals surface area contributed by atoms with Crippen molar-refractivity contribution < 1.29 is 0 Å². The van der Waals surface area contributed by atoms with Gasteiger partial charge in [0.2, 0.25) is 0 Å². The molecule has 0 bridgehead atoms. The summed E-state index contributed by atoms with van der Waals surface area (Å²) in [5, 5.41) is 4.11. The van der Waals surface area contributed by atoms with Crippen LogP contribution in [-0.4, -0.2) is 28.0 Å². The zero-order valence-corrected chi connectivity index (χ0v) is 12.9. The fourth-order valence-electron chi connectivity index (χ4n) is 2.39. The molecule has 0 amide bonds. The Morgan fingerprint density at radius 1 is 1.21 bits per heavy atom. The normalized spacial score (nSPS) is 20.5. The van der Waals surface area contributed by atoms with Gasteiger partial charge < -0.3 is 5.32 Å². The molecule has 0 spiro atoms. The van der Waals surface area contributed by atoms with Crippen LogP contribution in [0.15, 0.2) is 0 Å². The van der Waals surface area contributed by atoms with Gasteiger partial charge in [0.1, 0.15) is 16.8 Å². The van der Waals surface area contributed by atoms with Gasteiger partial charge in [-0.25, -0.2) is 9.97 Å². The minimum Gasteiger partial charge on any atom is -0.369 e. The van der Waals surface area contributed by atoms with Crippen LogP contribution in [0, 0.1) is 12.8 Å². The predicted molar refractivity (Wildman–Crippen MR) is 82.3 cm³/mol. The van der Waals surface area contributed by atoms with Gasteiger partial charge >= 0.3 is 0 Å². The van der Waals surface area contributed by atoms with E-state index in [0.717, 1.165) is 29.7 Å². The molecule has 1 aromatic rings. The van der Waals surface area contributed by atoms with Crippen molar-refractivity contribution in [2.24, 2.45) is 5.92 Å². The summed E-state index contributed by atoms with van der Waals surface area (Å²) in [7, 11) is 0. The third-order valence-electron chi connectivity index (χ3n) is 3.95. The Hall–Kier alpha value is -0.480. The van der Waals surface area contributed by atoms with E-state index in [0.29, 0.717) is 11.1 Å². The van der Waals surface area contributed by atoms with Crippen molar-refractivity contribution in [3.8, 4) is 0 Å². The number of nitrogens with one attached hydrogen (secondary N) is 1. The quantitative estimate of drug-likeness (QED) is 0.856. The van der Waals surface area contributed by atoms with Gasteiger partial charge in [0.25, 0.3) is 0 Å². The van der Waals surface area contributed by atoms with Crippen LogP contribution in [0.3, 0.4) is 0 Å². The van der Waals surface area contributed by atoms with Crippen LogP contribution in [0.1, 0.15) is 43.0 Å². The van der Waals surface area contributed by atoms with E-state index in [-0.39, 0.29) is 0 Å². The second-order valence-corrected chi connectivity index (χ2v) is 7.14. The second-order valence-electron chi connectivity index (χ2n) is 5.56. The Morgan fingerprint density at radius 2 is 1.95 bits per heavy atom. The maximum atomic E-state index is 6.22. The highest BCUT2D eigenvalue weighted by molar-refractivity contribution is 7.99. The van der Waals surface area contributed by atoms with Gasteiger partial charge in [-0.05, 0) is 50.0 Å². The van der Waals surface area contributed by atoms with Gasteiger partial charge in [-0.1, -0.05) is 11.6 Å². The fraction of sp³-hybridized carbons (Fsp3) is 0.714. The van der Waals surface area contributed by atoms with Crippen LogP contribution >= 0.6 is 23.4 Å². The summed E-state index contributed by atoms with van der Waals surface area (Å²) in [6.07, 6.45) is 5.04. The Bertz CT molecular complexity index is 456. The molecule has 2 aliphatic rings. The Kier molecular flexibility index (Phi) is 4.18. The van der Waals surface area contributed by atoms with E-state index in [2.05, 4.69) is 27.0 Å². The number of anilines is 1. The summed E-state index contributed by atoms with van der Waals surface area (Å²) < 4.78 is 0. The summed E-state index contributed by atoms with van der Waals surface area (Å²) in [6.45, 7) is 3.01. The average Bonchev–Trinajstić information content (AvgIpc) is 3.26. The largest absolute Gasteiger partial charge is 0.369 e. The monoisotopic (exact) mass is 297 g/mol. The van der Waals surface area contributed by atoms with Gasteiger partial charge in [-0.3, -0.25) is 0 Å². The van der Waals surface area contributed by atoms with Crippen LogP contribution in [0.4, 0.5) is 5.82 Å². The van der Waals surface area contributed by atoms with Gasteiger partial charge in [0.15, 0.2) is 0 Å². The number of hydrogen-bond acceptors (Lipinski definition) is 4. The zero-order valence-electron chi connectivity index (χ0n) is 11.3. The molecule has 3 nitrogen and oxygen atoms in total. The summed E-state index contributed by atoms with van der Waals surface area (Å²) in [5.74, 6) is 5.78. The Morgan fingerprint density at radius 3 is 2.63 bits per heavy atom. The van der Waals surface area contributed by atoms with E-state index in [4.69, 9.17) is 11.6 Å². The molecule has 1 aliphatic carbocycles. The van der Waals surface area contributed by atoms with E-state index >= 15 is 0 Å². The van der Waals surface area contributed by atoms with Crippen molar-refractivity contribution in [1.82, 2.24) is 9.97 Å². The molecule has 0 atom stereocenters. The highest BCUT2D eigenvalue weighted by Crippen LogP contribution is 2.39. The summed E-state index contributed by atoms with van der Waals surface area (Å²) in [4.78, 5) is 9.07. The van der Waals surface area contributed by atoms with E-state index in [1.807, 2.05) is 6.92 Å². The first-order valence-electron chi connectivity index (χ1n) is 7.09. The number of hydrogen-bond donors (Lipinski definition) is 1. The molecule has 5 heteroatoms. The number of aromatic nitrogens is 2. The lowest BCUT2D eigenvalue weighted by Crippen LogP contribution is -2.20. The molecule has 1 saturated carbocycles. The van der Waals surface area contributed by atoms with Crippen LogP contribution in [0.5, 0.6) is 0 Å². The van der Waals surface area contributed by atoms with E-state index in [1.54, 1.807) is 0 Å². The second kappa shape index (κ2) is 5.88. The average molecular weight is 298 g/mol. The molecule has 1 aliphatic heterocycles. The molecule has 2 fully saturated rings. The molecule has 3 rings (SSSR count). The molecule has 0 aromatic carbocycles. The number of halogens is 1. The SMILES string of the molecule is Cc1c(Cl)nc(C2CC2)nc1NCC1CCSCC1. The topological polar surface area (TPSA) is 37.8 Å².